The molecule has 0 saturated heterocycles. The zero-order valence-electron chi connectivity index (χ0n) is 8.50. The normalized spacial score (nSPS) is 11.1. The Labute approximate surface area is 78.8 Å². The van der Waals surface area contributed by atoms with Crippen molar-refractivity contribution >= 4 is 6.16 Å². The highest BCUT2D eigenvalue weighted by Gasteiger charge is 2.16. The van der Waals surface area contributed by atoms with E-state index in [2.05, 4.69) is 0 Å². The SMILES string of the molecule is CC(C)(C)OC(=O)OCCCCO. The molecule has 0 atom stereocenters. The molecule has 0 fully saturated rings. The van der Waals surface area contributed by atoms with Crippen LogP contribution in [0.5, 0.6) is 0 Å². The summed E-state index contributed by atoms with van der Waals surface area (Å²) in [5, 5.41) is 8.45. The first-order valence-corrected chi connectivity index (χ1v) is 4.42. The number of aliphatic hydroxyl groups is 1. The number of hydrogen-bond donors (Lipinski definition) is 1. The molecule has 1 N–H and O–H groups in total. The van der Waals surface area contributed by atoms with Crippen LogP contribution in [0.25, 0.3) is 0 Å². The van der Waals surface area contributed by atoms with Gasteiger partial charge < -0.3 is 14.6 Å². The Morgan fingerprint density at radius 3 is 2.38 bits per heavy atom. The monoisotopic (exact) mass is 190 g/mol. The minimum atomic E-state index is -0.648. The highest BCUT2D eigenvalue weighted by Crippen LogP contribution is 2.08. The third-order valence-electron chi connectivity index (χ3n) is 1.16. The molecule has 0 spiro atoms. The second-order valence-electron chi connectivity index (χ2n) is 3.74. The van der Waals surface area contributed by atoms with E-state index < -0.39 is 11.8 Å². The average molecular weight is 190 g/mol. The van der Waals surface area contributed by atoms with Gasteiger partial charge >= 0.3 is 6.16 Å². The Bertz CT molecular complexity index is 148. The van der Waals surface area contributed by atoms with Gasteiger partial charge in [-0.2, -0.15) is 0 Å². The van der Waals surface area contributed by atoms with E-state index in [0.717, 1.165) is 0 Å². The molecule has 0 saturated carbocycles. The third kappa shape index (κ3) is 9.14. The second kappa shape index (κ2) is 5.80. The molecule has 78 valence electrons. The summed E-state index contributed by atoms with van der Waals surface area (Å²) in [5.41, 5.74) is -0.506. The van der Waals surface area contributed by atoms with Gasteiger partial charge in [-0.3, -0.25) is 0 Å². The van der Waals surface area contributed by atoms with E-state index in [1.165, 1.54) is 0 Å². The molecule has 0 rings (SSSR count). The Morgan fingerprint density at radius 1 is 1.31 bits per heavy atom. The van der Waals surface area contributed by atoms with Gasteiger partial charge in [0.05, 0.1) is 6.61 Å². The molecule has 0 aliphatic carbocycles. The van der Waals surface area contributed by atoms with Crippen LogP contribution >= 0.6 is 0 Å². The molecule has 4 nitrogen and oxygen atoms in total. The summed E-state index contributed by atoms with van der Waals surface area (Å²) in [5.74, 6) is 0. The van der Waals surface area contributed by atoms with E-state index in [-0.39, 0.29) is 6.61 Å². The summed E-state index contributed by atoms with van der Waals surface area (Å²) in [7, 11) is 0. The van der Waals surface area contributed by atoms with E-state index in [4.69, 9.17) is 14.6 Å². The maximum Gasteiger partial charge on any atom is 0.508 e. The minimum absolute atomic E-state index is 0.123. The van der Waals surface area contributed by atoms with Gasteiger partial charge in [0.1, 0.15) is 5.60 Å². The van der Waals surface area contributed by atoms with Gasteiger partial charge in [0.2, 0.25) is 0 Å². The van der Waals surface area contributed by atoms with E-state index in [1.54, 1.807) is 20.8 Å². The van der Waals surface area contributed by atoms with Crippen molar-refractivity contribution in [3.63, 3.8) is 0 Å². The maximum absolute atomic E-state index is 10.9. The number of unbranched alkanes of at least 4 members (excludes halogenated alkanes) is 1. The van der Waals surface area contributed by atoms with Gasteiger partial charge in [-0.05, 0) is 33.6 Å². The third-order valence-corrected chi connectivity index (χ3v) is 1.16. The van der Waals surface area contributed by atoms with Crippen molar-refractivity contribution in [1.29, 1.82) is 0 Å². The van der Waals surface area contributed by atoms with Crippen molar-refractivity contribution in [2.24, 2.45) is 0 Å². The minimum Gasteiger partial charge on any atom is -0.434 e. The molecule has 0 bridgehead atoms. The lowest BCUT2D eigenvalue weighted by atomic mass is 10.2. The molecule has 0 aliphatic heterocycles. The second-order valence-corrected chi connectivity index (χ2v) is 3.74. The summed E-state index contributed by atoms with van der Waals surface area (Å²) < 4.78 is 9.64. The van der Waals surface area contributed by atoms with Crippen molar-refractivity contribution in [3.05, 3.63) is 0 Å². The number of hydrogen-bond acceptors (Lipinski definition) is 4. The van der Waals surface area contributed by atoms with Gasteiger partial charge in [0.25, 0.3) is 0 Å². The average Bonchev–Trinajstić information content (AvgIpc) is 1.94. The summed E-state index contributed by atoms with van der Waals surface area (Å²) in [6, 6.07) is 0. The molecular weight excluding hydrogens is 172 g/mol. The van der Waals surface area contributed by atoms with Crippen molar-refractivity contribution in [1.82, 2.24) is 0 Å². The Hall–Kier alpha value is -0.770. The predicted molar refractivity (Wildman–Crippen MR) is 48.5 cm³/mol. The van der Waals surface area contributed by atoms with Gasteiger partial charge in [-0.25, -0.2) is 4.79 Å². The van der Waals surface area contributed by atoms with Crippen molar-refractivity contribution < 1.29 is 19.4 Å². The zero-order valence-corrected chi connectivity index (χ0v) is 8.50. The summed E-state index contributed by atoms with van der Waals surface area (Å²) in [6.07, 6.45) is 0.656. The van der Waals surface area contributed by atoms with Gasteiger partial charge in [-0.1, -0.05) is 0 Å². The van der Waals surface area contributed by atoms with Crippen molar-refractivity contribution in [2.45, 2.75) is 39.2 Å². The van der Waals surface area contributed by atoms with Crippen LogP contribution in [-0.4, -0.2) is 30.1 Å². The van der Waals surface area contributed by atoms with Crippen LogP contribution in [-0.2, 0) is 9.47 Å². The number of rotatable bonds is 4. The molecule has 0 aromatic carbocycles. The molecule has 0 aromatic rings. The van der Waals surface area contributed by atoms with E-state index in [9.17, 15) is 4.79 Å². The van der Waals surface area contributed by atoms with Crippen LogP contribution in [0.4, 0.5) is 4.79 Å². The first-order chi connectivity index (χ1) is 5.95. The summed E-state index contributed by atoms with van der Waals surface area (Å²) in [6.45, 7) is 5.76. The Balaban J connectivity index is 3.41. The first kappa shape index (κ1) is 12.2. The molecule has 0 unspecified atom stereocenters. The van der Waals surface area contributed by atoms with E-state index in [1.807, 2.05) is 0 Å². The fourth-order valence-electron chi connectivity index (χ4n) is 0.649. The lowest BCUT2D eigenvalue weighted by molar-refractivity contribution is -0.00804. The van der Waals surface area contributed by atoms with Crippen molar-refractivity contribution in [2.75, 3.05) is 13.2 Å². The van der Waals surface area contributed by atoms with Crippen LogP contribution in [0, 0.1) is 0 Å². The number of ether oxygens (including phenoxy) is 2. The van der Waals surface area contributed by atoms with Crippen molar-refractivity contribution in [3.8, 4) is 0 Å². The maximum atomic E-state index is 10.9. The largest absolute Gasteiger partial charge is 0.508 e. The lowest BCUT2D eigenvalue weighted by Gasteiger charge is -2.18. The van der Waals surface area contributed by atoms with Gasteiger partial charge in [0.15, 0.2) is 0 Å². The summed E-state index contributed by atoms with van der Waals surface area (Å²) in [4.78, 5) is 10.9. The number of carbonyl (C=O) groups is 1. The van der Waals surface area contributed by atoms with Crippen LogP contribution in [0.1, 0.15) is 33.6 Å². The fraction of sp³-hybridized carbons (Fsp3) is 0.889. The summed E-state index contributed by atoms with van der Waals surface area (Å²) >= 11 is 0. The fourth-order valence-corrected chi connectivity index (χ4v) is 0.649. The molecule has 0 aromatic heterocycles. The molecule has 0 aliphatic rings. The lowest BCUT2D eigenvalue weighted by Crippen LogP contribution is -2.24. The van der Waals surface area contributed by atoms with Gasteiger partial charge in [-0.15, -0.1) is 0 Å². The Kier molecular flexibility index (Phi) is 5.46. The van der Waals surface area contributed by atoms with Crippen LogP contribution in [0.3, 0.4) is 0 Å². The topological polar surface area (TPSA) is 55.8 Å². The zero-order chi connectivity index (χ0) is 10.3. The number of aliphatic hydroxyl groups excluding tert-OH is 1. The molecule has 0 amide bonds. The Morgan fingerprint density at radius 2 is 1.92 bits per heavy atom. The van der Waals surface area contributed by atoms with E-state index in [0.29, 0.717) is 19.4 Å². The predicted octanol–water partition coefficient (Wildman–Crippen LogP) is 1.71. The van der Waals surface area contributed by atoms with E-state index >= 15 is 0 Å². The van der Waals surface area contributed by atoms with Crippen LogP contribution in [0.15, 0.2) is 0 Å². The first-order valence-electron chi connectivity index (χ1n) is 4.42. The highest BCUT2D eigenvalue weighted by atomic mass is 16.7. The van der Waals surface area contributed by atoms with Crippen LogP contribution < -0.4 is 0 Å². The number of carbonyl (C=O) groups excluding carboxylic acids is 1. The van der Waals surface area contributed by atoms with Crippen LogP contribution in [0.2, 0.25) is 0 Å². The standard InChI is InChI=1S/C9H18O4/c1-9(2,3)13-8(11)12-7-5-4-6-10/h10H,4-7H2,1-3H3. The smallest absolute Gasteiger partial charge is 0.434 e. The molecule has 4 heteroatoms. The highest BCUT2D eigenvalue weighted by molar-refractivity contribution is 5.60. The van der Waals surface area contributed by atoms with Gasteiger partial charge in [0, 0.05) is 6.61 Å². The molecule has 13 heavy (non-hydrogen) atoms. The quantitative estimate of drug-likeness (QED) is 0.541. The molecule has 0 radical (unpaired) electrons. The molecule has 0 heterocycles. The molecular formula is C9H18O4.